The summed E-state index contributed by atoms with van der Waals surface area (Å²) in [7, 11) is -3.99. The fourth-order valence-electron chi connectivity index (χ4n) is 3.52. The van der Waals surface area contributed by atoms with E-state index in [1.807, 2.05) is 55.5 Å². The summed E-state index contributed by atoms with van der Waals surface area (Å²) in [5.74, 6) is 0.305. The van der Waals surface area contributed by atoms with Crippen LogP contribution in [-0.2, 0) is 10.0 Å². The average molecular weight is 495 g/mol. The number of anilines is 1. The summed E-state index contributed by atoms with van der Waals surface area (Å²) in [6.45, 7) is 2.36. The second-order valence-electron chi connectivity index (χ2n) is 7.70. The van der Waals surface area contributed by atoms with Crippen LogP contribution in [0.2, 0.25) is 5.02 Å². The SMILES string of the molecule is Cc1cccc(NS(=O)(=O)c2cc(C(=O)NCCOc3cccc4ccccc34)ccc2Cl)c1. The normalized spacial score (nSPS) is 11.2. The Labute approximate surface area is 203 Å². The maximum atomic E-state index is 12.9. The molecule has 174 valence electrons. The van der Waals surface area contributed by atoms with Crippen LogP contribution < -0.4 is 14.8 Å². The number of fused-ring (bicyclic) bond motifs is 1. The number of hydrogen-bond acceptors (Lipinski definition) is 4. The lowest BCUT2D eigenvalue weighted by Gasteiger charge is -2.12. The first-order valence-corrected chi connectivity index (χ1v) is 12.5. The number of aryl methyl sites for hydroxylation is 1. The maximum absolute atomic E-state index is 12.9. The van der Waals surface area contributed by atoms with Gasteiger partial charge in [-0.05, 0) is 54.3 Å². The van der Waals surface area contributed by atoms with Crippen molar-refractivity contribution in [3.8, 4) is 5.75 Å². The summed E-state index contributed by atoms with van der Waals surface area (Å²) < 4.78 is 34.1. The van der Waals surface area contributed by atoms with Crippen LogP contribution in [-0.4, -0.2) is 27.5 Å². The van der Waals surface area contributed by atoms with Crippen LogP contribution >= 0.6 is 11.6 Å². The lowest BCUT2D eigenvalue weighted by atomic mass is 10.1. The minimum atomic E-state index is -3.99. The van der Waals surface area contributed by atoms with Gasteiger partial charge in [-0.1, -0.05) is 60.1 Å². The van der Waals surface area contributed by atoms with Crippen molar-refractivity contribution >= 4 is 44.0 Å². The molecule has 0 atom stereocenters. The highest BCUT2D eigenvalue weighted by Gasteiger charge is 2.20. The highest BCUT2D eigenvalue weighted by atomic mass is 35.5. The molecule has 8 heteroatoms. The van der Waals surface area contributed by atoms with E-state index >= 15 is 0 Å². The van der Waals surface area contributed by atoms with Gasteiger partial charge in [0.05, 0.1) is 11.6 Å². The highest BCUT2D eigenvalue weighted by molar-refractivity contribution is 7.92. The molecule has 0 heterocycles. The molecule has 0 saturated carbocycles. The Morgan fingerprint density at radius 1 is 0.941 bits per heavy atom. The van der Waals surface area contributed by atoms with Gasteiger partial charge in [0.25, 0.3) is 15.9 Å². The molecule has 2 N–H and O–H groups in total. The van der Waals surface area contributed by atoms with E-state index in [0.717, 1.165) is 22.1 Å². The first-order chi connectivity index (χ1) is 16.3. The van der Waals surface area contributed by atoms with Crippen molar-refractivity contribution in [3.05, 3.63) is 101 Å². The first-order valence-electron chi connectivity index (χ1n) is 10.6. The summed E-state index contributed by atoms with van der Waals surface area (Å²) in [6, 6.07) is 24.8. The van der Waals surface area contributed by atoms with E-state index < -0.39 is 15.9 Å². The van der Waals surface area contributed by atoms with Crippen molar-refractivity contribution in [3.63, 3.8) is 0 Å². The Morgan fingerprint density at radius 3 is 2.53 bits per heavy atom. The van der Waals surface area contributed by atoms with Gasteiger partial charge < -0.3 is 10.1 Å². The number of halogens is 1. The maximum Gasteiger partial charge on any atom is 0.263 e. The van der Waals surface area contributed by atoms with Gasteiger partial charge in [-0.15, -0.1) is 0 Å². The van der Waals surface area contributed by atoms with E-state index in [9.17, 15) is 13.2 Å². The molecule has 0 unspecified atom stereocenters. The van der Waals surface area contributed by atoms with Crippen molar-refractivity contribution in [1.29, 1.82) is 0 Å². The minimum Gasteiger partial charge on any atom is -0.491 e. The summed E-state index contributed by atoms with van der Waals surface area (Å²) >= 11 is 6.15. The molecular weight excluding hydrogens is 472 g/mol. The summed E-state index contributed by atoms with van der Waals surface area (Å²) in [5, 5.41) is 4.83. The Balaban J connectivity index is 1.41. The zero-order chi connectivity index (χ0) is 24.1. The molecule has 0 aromatic heterocycles. The van der Waals surface area contributed by atoms with Crippen LogP contribution in [0.4, 0.5) is 5.69 Å². The highest BCUT2D eigenvalue weighted by Crippen LogP contribution is 2.26. The molecule has 0 aliphatic heterocycles. The minimum absolute atomic E-state index is 0.0241. The van der Waals surface area contributed by atoms with Crippen LogP contribution in [0.3, 0.4) is 0 Å². The molecule has 0 radical (unpaired) electrons. The third kappa shape index (κ3) is 5.50. The van der Waals surface area contributed by atoms with Gasteiger partial charge in [0, 0.05) is 16.6 Å². The van der Waals surface area contributed by atoms with Crippen LogP contribution in [0.5, 0.6) is 5.75 Å². The van der Waals surface area contributed by atoms with Crippen LogP contribution in [0, 0.1) is 6.92 Å². The molecular formula is C26H23ClN2O4S. The largest absolute Gasteiger partial charge is 0.491 e. The van der Waals surface area contributed by atoms with E-state index in [2.05, 4.69) is 10.0 Å². The predicted octanol–water partition coefficient (Wildman–Crippen LogP) is 5.41. The van der Waals surface area contributed by atoms with Crippen molar-refractivity contribution in [2.24, 2.45) is 0 Å². The lowest BCUT2D eigenvalue weighted by Crippen LogP contribution is -2.28. The molecule has 0 spiro atoms. The first kappa shape index (κ1) is 23.6. The Morgan fingerprint density at radius 2 is 1.71 bits per heavy atom. The number of nitrogens with one attached hydrogen (secondary N) is 2. The van der Waals surface area contributed by atoms with Crippen molar-refractivity contribution in [1.82, 2.24) is 5.32 Å². The molecule has 1 amide bonds. The third-order valence-corrected chi connectivity index (χ3v) is 7.01. The van der Waals surface area contributed by atoms with E-state index in [1.165, 1.54) is 18.2 Å². The van der Waals surface area contributed by atoms with Gasteiger partial charge in [-0.2, -0.15) is 0 Å². The zero-order valence-electron chi connectivity index (χ0n) is 18.4. The Kier molecular flexibility index (Phi) is 7.05. The summed E-state index contributed by atoms with van der Waals surface area (Å²) in [5.41, 5.74) is 1.50. The molecule has 34 heavy (non-hydrogen) atoms. The van der Waals surface area contributed by atoms with Crippen molar-refractivity contribution in [2.45, 2.75) is 11.8 Å². The number of hydrogen-bond donors (Lipinski definition) is 2. The standard InChI is InChI=1S/C26H23ClN2O4S/c1-18-6-4-9-21(16-18)29-34(31,32)25-17-20(12-13-23(25)27)26(30)28-14-15-33-24-11-5-8-19-7-2-3-10-22(19)24/h2-13,16-17,29H,14-15H2,1H3,(H,28,30). The number of sulfonamides is 1. The molecule has 4 aromatic rings. The number of carbonyl (C=O) groups excluding carboxylic acids is 1. The van der Waals surface area contributed by atoms with E-state index in [0.29, 0.717) is 5.69 Å². The zero-order valence-corrected chi connectivity index (χ0v) is 20.0. The van der Waals surface area contributed by atoms with Gasteiger partial charge in [0.15, 0.2) is 0 Å². The molecule has 0 saturated heterocycles. The second kappa shape index (κ2) is 10.2. The van der Waals surface area contributed by atoms with Gasteiger partial charge in [0.2, 0.25) is 0 Å². The quantitative estimate of drug-likeness (QED) is 0.321. The fraction of sp³-hybridized carbons (Fsp3) is 0.115. The number of amides is 1. The number of carbonyl (C=O) groups is 1. The number of ether oxygens (including phenoxy) is 1. The molecule has 0 aliphatic carbocycles. The van der Waals surface area contributed by atoms with Crippen LogP contribution in [0.25, 0.3) is 10.8 Å². The molecule has 0 fully saturated rings. The van der Waals surface area contributed by atoms with E-state index in [1.54, 1.807) is 18.2 Å². The Bertz CT molecular complexity index is 1450. The summed E-state index contributed by atoms with van der Waals surface area (Å²) in [6.07, 6.45) is 0. The Hall–Kier alpha value is -3.55. The molecule has 4 rings (SSSR count). The number of benzene rings is 4. The fourth-order valence-corrected chi connectivity index (χ4v) is 5.09. The number of rotatable bonds is 8. The van der Waals surface area contributed by atoms with E-state index in [4.69, 9.17) is 16.3 Å². The molecule has 0 aliphatic rings. The van der Waals surface area contributed by atoms with Gasteiger partial charge in [0.1, 0.15) is 17.3 Å². The topological polar surface area (TPSA) is 84.5 Å². The third-order valence-electron chi connectivity index (χ3n) is 5.15. The molecule has 6 nitrogen and oxygen atoms in total. The predicted molar refractivity (Wildman–Crippen MR) is 135 cm³/mol. The van der Waals surface area contributed by atoms with Gasteiger partial charge in [-0.3, -0.25) is 9.52 Å². The van der Waals surface area contributed by atoms with Gasteiger partial charge >= 0.3 is 0 Å². The van der Waals surface area contributed by atoms with Crippen molar-refractivity contribution in [2.75, 3.05) is 17.9 Å². The monoisotopic (exact) mass is 494 g/mol. The van der Waals surface area contributed by atoms with Crippen LogP contribution in [0.1, 0.15) is 15.9 Å². The second-order valence-corrected chi connectivity index (χ2v) is 9.76. The molecule has 4 aromatic carbocycles. The summed E-state index contributed by atoms with van der Waals surface area (Å²) in [4.78, 5) is 12.5. The van der Waals surface area contributed by atoms with Crippen molar-refractivity contribution < 1.29 is 17.9 Å². The van der Waals surface area contributed by atoms with Crippen LogP contribution in [0.15, 0.2) is 89.8 Å². The lowest BCUT2D eigenvalue weighted by molar-refractivity contribution is 0.0947. The van der Waals surface area contributed by atoms with Gasteiger partial charge in [-0.25, -0.2) is 8.42 Å². The molecule has 0 bridgehead atoms. The average Bonchev–Trinajstić information content (AvgIpc) is 2.81. The van der Waals surface area contributed by atoms with E-state index in [-0.39, 0.29) is 28.6 Å². The smallest absolute Gasteiger partial charge is 0.263 e.